The lowest BCUT2D eigenvalue weighted by molar-refractivity contribution is -0.138. The molecule has 1 aliphatic rings. The third-order valence-corrected chi connectivity index (χ3v) is 4.70. The summed E-state index contributed by atoms with van der Waals surface area (Å²) in [4.78, 5) is 21.4. The average molecular weight is 362 g/mol. The van der Waals surface area contributed by atoms with Crippen LogP contribution in [0, 0.1) is 0 Å². The molecule has 0 aliphatic carbocycles. The van der Waals surface area contributed by atoms with Crippen molar-refractivity contribution in [2.75, 3.05) is 6.61 Å². The number of hydrogen-bond acceptors (Lipinski definition) is 6. The fourth-order valence-corrected chi connectivity index (χ4v) is 3.35. The molecule has 0 amide bonds. The maximum absolute atomic E-state index is 12.5. The van der Waals surface area contributed by atoms with Crippen LogP contribution in [-0.4, -0.2) is 23.4 Å². The van der Waals surface area contributed by atoms with Crippen LogP contribution in [-0.2, 0) is 9.53 Å². The maximum Gasteiger partial charge on any atom is 0.338 e. The number of amidine groups is 1. The van der Waals surface area contributed by atoms with Crippen molar-refractivity contribution in [3.05, 3.63) is 62.7 Å². The molecule has 1 N–H and O–H groups in total. The lowest BCUT2D eigenvalue weighted by Crippen LogP contribution is -2.32. The van der Waals surface area contributed by atoms with Crippen molar-refractivity contribution < 1.29 is 9.53 Å². The van der Waals surface area contributed by atoms with Crippen LogP contribution in [0.25, 0.3) is 0 Å². The summed E-state index contributed by atoms with van der Waals surface area (Å²) in [5, 5.41) is 6.36. The Kier molecular flexibility index (Phi) is 4.97. The largest absolute Gasteiger partial charge is 0.463 e. The summed E-state index contributed by atoms with van der Waals surface area (Å²) in [5.41, 5.74) is 1.92. The van der Waals surface area contributed by atoms with Gasteiger partial charge in [0.2, 0.25) is 0 Å². The van der Waals surface area contributed by atoms with E-state index < -0.39 is 12.0 Å². The highest BCUT2D eigenvalue weighted by atomic mass is 35.5. The van der Waals surface area contributed by atoms with E-state index in [1.165, 1.54) is 11.3 Å². The highest BCUT2D eigenvalue weighted by Crippen LogP contribution is 2.35. The first kappa shape index (κ1) is 16.7. The van der Waals surface area contributed by atoms with Crippen molar-refractivity contribution in [2.45, 2.75) is 19.9 Å². The maximum atomic E-state index is 12.5. The van der Waals surface area contributed by atoms with Gasteiger partial charge in [0.05, 0.1) is 12.2 Å². The highest BCUT2D eigenvalue weighted by Gasteiger charge is 2.32. The molecule has 0 bridgehead atoms. The van der Waals surface area contributed by atoms with Gasteiger partial charge in [-0.3, -0.25) is 4.99 Å². The molecule has 0 saturated heterocycles. The number of carbonyl (C=O) groups excluding carboxylic acids is 1. The fraction of sp³-hybridized carbons (Fsp3) is 0.235. The van der Waals surface area contributed by atoms with Gasteiger partial charge < -0.3 is 10.1 Å². The van der Waals surface area contributed by atoms with Gasteiger partial charge in [0, 0.05) is 27.9 Å². The Morgan fingerprint density at radius 3 is 2.88 bits per heavy atom. The third-order valence-electron chi connectivity index (χ3n) is 3.57. The van der Waals surface area contributed by atoms with Crippen molar-refractivity contribution in [1.82, 2.24) is 10.3 Å². The number of ether oxygens (including phenoxy) is 1. The van der Waals surface area contributed by atoms with Crippen LogP contribution in [0.1, 0.15) is 30.5 Å². The summed E-state index contributed by atoms with van der Waals surface area (Å²) in [7, 11) is 0. The SMILES string of the molecule is CCOC(=O)C1=C(C)NC(c2nccs2)=NC1c1ccccc1Cl. The van der Waals surface area contributed by atoms with Crippen molar-refractivity contribution in [3.63, 3.8) is 0 Å². The summed E-state index contributed by atoms with van der Waals surface area (Å²) < 4.78 is 5.21. The van der Waals surface area contributed by atoms with E-state index >= 15 is 0 Å². The van der Waals surface area contributed by atoms with Crippen LogP contribution in [0.3, 0.4) is 0 Å². The van der Waals surface area contributed by atoms with E-state index in [9.17, 15) is 4.79 Å². The normalized spacial score (nSPS) is 17.3. The Bertz CT molecular complexity index is 815. The highest BCUT2D eigenvalue weighted by molar-refractivity contribution is 7.11. The first-order valence-electron chi connectivity index (χ1n) is 7.48. The van der Waals surface area contributed by atoms with E-state index in [0.717, 1.165) is 10.6 Å². The number of hydrogen-bond donors (Lipinski definition) is 1. The Hall–Kier alpha value is -2.18. The number of aliphatic imine (C=N–C) groups is 1. The van der Waals surface area contributed by atoms with E-state index in [4.69, 9.17) is 21.3 Å². The van der Waals surface area contributed by atoms with E-state index in [1.807, 2.05) is 30.5 Å². The van der Waals surface area contributed by atoms with Gasteiger partial charge in [-0.05, 0) is 19.9 Å². The number of allylic oxidation sites excluding steroid dienone is 1. The van der Waals surface area contributed by atoms with Crippen LogP contribution in [0.4, 0.5) is 0 Å². The second kappa shape index (κ2) is 7.15. The molecule has 1 unspecified atom stereocenters. The number of nitrogens with one attached hydrogen (secondary N) is 1. The Morgan fingerprint density at radius 2 is 2.21 bits per heavy atom. The van der Waals surface area contributed by atoms with Crippen LogP contribution in [0.5, 0.6) is 0 Å². The average Bonchev–Trinajstić information content (AvgIpc) is 3.09. The van der Waals surface area contributed by atoms with Gasteiger partial charge in [-0.15, -0.1) is 11.3 Å². The minimum atomic E-state index is -0.530. The van der Waals surface area contributed by atoms with Crippen molar-refractivity contribution in [1.29, 1.82) is 0 Å². The smallest absolute Gasteiger partial charge is 0.338 e. The zero-order valence-corrected chi connectivity index (χ0v) is 14.8. The van der Waals surface area contributed by atoms with E-state index in [1.54, 1.807) is 19.2 Å². The molecular formula is C17H16ClN3O2S. The van der Waals surface area contributed by atoms with Crippen LogP contribution >= 0.6 is 22.9 Å². The molecule has 7 heteroatoms. The van der Waals surface area contributed by atoms with Gasteiger partial charge >= 0.3 is 5.97 Å². The lowest BCUT2D eigenvalue weighted by Gasteiger charge is -2.25. The minimum absolute atomic E-state index is 0.300. The van der Waals surface area contributed by atoms with Crippen LogP contribution < -0.4 is 5.32 Å². The molecule has 0 saturated carbocycles. The van der Waals surface area contributed by atoms with E-state index in [2.05, 4.69) is 10.3 Å². The molecule has 3 rings (SSSR count). The molecule has 1 aromatic carbocycles. The molecule has 2 aromatic rings. The zero-order valence-electron chi connectivity index (χ0n) is 13.2. The molecule has 1 aromatic heterocycles. The Morgan fingerprint density at radius 1 is 1.42 bits per heavy atom. The molecule has 124 valence electrons. The summed E-state index contributed by atoms with van der Waals surface area (Å²) in [6.07, 6.45) is 1.72. The van der Waals surface area contributed by atoms with Crippen molar-refractivity contribution >= 4 is 34.7 Å². The van der Waals surface area contributed by atoms with Crippen LogP contribution in [0.2, 0.25) is 5.02 Å². The molecule has 0 spiro atoms. The lowest BCUT2D eigenvalue weighted by atomic mass is 9.96. The molecule has 0 radical (unpaired) electrons. The third kappa shape index (κ3) is 3.20. The molecule has 24 heavy (non-hydrogen) atoms. The van der Waals surface area contributed by atoms with Gasteiger partial charge in [0.25, 0.3) is 0 Å². The second-order valence-corrected chi connectivity index (χ2v) is 6.42. The number of halogens is 1. The molecule has 2 heterocycles. The zero-order chi connectivity index (χ0) is 17.1. The molecule has 1 aliphatic heterocycles. The first-order chi connectivity index (χ1) is 11.6. The van der Waals surface area contributed by atoms with Crippen molar-refractivity contribution in [2.24, 2.45) is 4.99 Å². The van der Waals surface area contributed by atoms with Gasteiger partial charge in [0.15, 0.2) is 10.8 Å². The topological polar surface area (TPSA) is 63.6 Å². The van der Waals surface area contributed by atoms with Crippen LogP contribution in [0.15, 0.2) is 52.1 Å². The number of rotatable bonds is 4. The van der Waals surface area contributed by atoms with Gasteiger partial charge in [-0.1, -0.05) is 29.8 Å². The second-order valence-electron chi connectivity index (χ2n) is 5.12. The molecule has 0 fully saturated rings. The standard InChI is InChI=1S/C17H16ClN3O2S/c1-3-23-17(22)13-10(2)20-15(16-19-8-9-24-16)21-14(13)11-6-4-5-7-12(11)18/h4-9,14H,3H2,1-2H3,(H,20,21). The number of thiazole rings is 1. The molecule has 5 nitrogen and oxygen atoms in total. The summed E-state index contributed by atoms with van der Waals surface area (Å²) in [5.74, 6) is 0.231. The minimum Gasteiger partial charge on any atom is -0.463 e. The number of carbonyl (C=O) groups is 1. The summed E-state index contributed by atoms with van der Waals surface area (Å²) >= 11 is 7.82. The first-order valence-corrected chi connectivity index (χ1v) is 8.74. The number of aromatic nitrogens is 1. The fourth-order valence-electron chi connectivity index (χ4n) is 2.52. The summed E-state index contributed by atoms with van der Waals surface area (Å²) in [6.45, 7) is 3.91. The Labute approximate surface area is 149 Å². The van der Waals surface area contributed by atoms with E-state index in [0.29, 0.717) is 28.7 Å². The quantitative estimate of drug-likeness (QED) is 0.843. The molecular weight excluding hydrogens is 346 g/mol. The number of nitrogens with zero attached hydrogens (tertiary/aromatic N) is 2. The monoisotopic (exact) mass is 361 g/mol. The molecule has 1 atom stereocenters. The summed E-state index contributed by atoms with van der Waals surface area (Å²) in [6, 6.07) is 6.85. The Balaban J connectivity index is 2.10. The predicted molar refractivity (Wildman–Crippen MR) is 95.3 cm³/mol. The predicted octanol–water partition coefficient (Wildman–Crippen LogP) is 3.72. The van der Waals surface area contributed by atoms with Crippen molar-refractivity contribution in [3.8, 4) is 0 Å². The van der Waals surface area contributed by atoms with Gasteiger partial charge in [-0.25, -0.2) is 9.78 Å². The van der Waals surface area contributed by atoms with Gasteiger partial charge in [-0.2, -0.15) is 0 Å². The van der Waals surface area contributed by atoms with Gasteiger partial charge in [0.1, 0.15) is 6.04 Å². The van der Waals surface area contributed by atoms with E-state index in [-0.39, 0.29) is 0 Å². The number of benzene rings is 1. The number of esters is 1.